The highest BCUT2D eigenvalue weighted by Crippen LogP contribution is 2.25. The highest BCUT2D eigenvalue weighted by molar-refractivity contribution is 6.34. The molecule has 2 aromatic rings. The van der Waals surface area contributed by atoms with Crippen LogP contribution in [0.5, 0.6) is 0 Å². The van der Waals surface area contributed by atoms with Gasteiger partial charge < -0.3 is 5.32 Å². The van der Waals surface area contributed by atoms with Gasteiger partial charge in [-0.25, -0.2) is 0 Å². The van der Waals surface area contributed by atoms with Gasteiger partial charge in [-0.1, -0.05) is 49.7 Å². The molecule has 0 bridgehead atoms. The van der Waals surface area contributed by atoms with Gasteiger partial charge >= 0.3 is 0 Å². The molecule has 17 heavy (non-hydrogen) atoms. The molecule has 1 heterocycles. The van der Waals surface area contributed by atoms with Crippen LogP contribution in [0, 0.1) is 5.92 Å². The Morgan fingerprint density at radius 3 is 2.53 bits per heavy atom. The van der Waals surface area contributed by atoms with Gasteiger partial charge in [0.1, 0.15) is 0 Å². The summed E-state index contributed by atoms with van der Waals surface area (Å²) < 4.78 is 0. The molecule has 1 aromatic heterocycles. The second kappa shape index (κ2) is 4.67. The van der Waals surface area contributed by atoms with Gasteiger partial charge in [-0.05, 0) is 0 Å². The summed E-state index contributed by atoms with van der Waals surface area (Å²) >= 11 is 5.94. The van der Waals surface area contributed by atoms with Crippen LogP contribution in [0.1, 0.15) is 13.8 Å². The molecule has 88 valence electrons. The first-order chi connectivity index (χ1) is 8.09. The molecule has 2 rings (SSSR count). The molecule has 0 saturated carbocycles. The number of anilines is 1. The van der Waals surface area contributed by atoms with Crippen molar-refractivity contribution in [3.63, 3.8) is 0 Å². The molecule has 0 unspecified atom stereocenters. The van der Waals surface area contributed by atoms with E-state index in [0.29, 0.717) is 11.0 Å². The zero-order chi connectivity index (χ0) is 12.4. The topological polar surface area (TPSA) is 54.9 Å². The van der Waals surface area contributed by atoms with E-state index in [9.17, 15) is 4.79 Å². The van der Waals surface area contributed by atoms with Gasteiger partial charge in [0, 0.05) is 16.7 Å². The Bertz CT molecular complexity index is 569. The first-order valence-corrected chi connectivity index (χ1v) is 5.69. The third-order valence-electron chi connectivity index (χ3n) is 2.41. The number of benzene rings is 1. The van der Waals surface area contributed by atoms with Gasteiger partial charge in [0.05, 0.1) is 0 Å². The van der Waals surface area contributed by atoms with E-state index in [1.165, 1.54) is 0 Å². The molecule has 5 heteroatoms. The number of rotatable bonds is 2. The fraction of sp³-hybridized carbons (Fsp3) is 0.250. The van der Waals surface area contributed by atoms with Crippen LogP contribution in [0.3, 0.4) is 0 Å². The second-order valence-corrected chi connectivity index (χ2v) is 4.39. The van der Waals surface area contributed by atoms with Crippen LogP contribution in [-0.4, -0.2) is 16.1 Å². The van der Waals surface area contributed by atoms with Gasteiger partial charge in [-0.2, -0.15) is 0 Å². The van der Waals surface area contributed by atoms with Crippen LogP contribution >= 0.6 is 11.6 Å². The number of nitrogens with one attached hydrogen (secondary N) is 1. The minimum absolute atomic E-state index is 0.0909. The number of halogens is 1. The number of aromatic nitrogens is 2. The number of carbonyl (C=O) groups is 1. The van der Waals surface area contributed by atoms with Crippen molar-refractivity contribution in [2.45, 2.75) is 13.8 Å². The zero-order valence-corrected chi connectivity index (χ0v) is 10.3. The lowest BCUT2D eigenvalue weighted by molar-refractivity contribution is -0.118. The van der Waals surface area contributed by atoms with Crippen LogP contribution < -0.4 is 5.32 Å². The maximum absolute atomic E-state index is 11.6. The van der Waals surface area contributed by atoms with Crippen molar-refractivity contribution in [2.24, 2.45) is 5.92 Å². The van der Waals surface area contributed by atoms with Crippen molar-refractivity contribution in [3.05, 3.63) is 29.4 Å². The van der Waals surface area contributed by atoms with Gasteiger partial charge in [0.15, 0.2) is 11.0 Å². The summed E-state index contributed by atoms with van der Waals surface area (Å²) in [4.78, 5) is 11.6. The van der Waals surface area contributed by atoms with Crippen molar-refractivity contribution < 1.29 is 4.79 Å². The highest BCUT2D eigenvalue weighted by Gasteiger charge is 2.12. The van der Waals surface area contributed by atoms with E-state index in [0.717, 1.165) is 10.8 Å². The smallest absolute Gasteiger partial charge is 0.228 e. The number of fused-ring (bicyclic) bond motifs is 1. The van der Waals surface area contributed by atoms with Gasteiger partial charge in [0.2, 0.25) is 5.91 Å². The monoisotopic (exact) mass is 249 g/mol. The van der Waals surface area contributed by atoms with Crippen LogP contribution in [0.4, 0.5) is 5.82 Å². The third kappa shape index (κ3) is 2.36. The summed E-state index contributed by atoms with van der Waals surface area (Å²) in [7, 11) is 0. The van der Waals surface area contributed by atoms with E-state index < -0.39 is 0 Å². The van der Waals surface area contributed by atoms with Crippen LogP contribution in [0.2, 0.25) is 5.15 Å². The summed E-state index contributed by atoms with van der Waals surface area (Å²) in [5.74, 6) is 0.252. The highest BCUT2D eigenvalue weighted by atomic mass is 35.5. The van der Waals surface area contributed by atoms with E-state index in [-0.39, 0.29) is 11.8 Å². The standard InChI is InChI=1S/C12H12ClN3O/c1-7(2)12(17)14-11-9-6-4-3-5-8(9)10(13)15-16-11/h3-7H,1-2H3,(H,14,16,17). The van der Waals surface area contributed by atoms with Crippen molar-refractivity contribution >= 4 is 34.1 Å². The Hall–Kier alpha value is -1.68. The average Bonchev–Trinajstić information content (AvgIpc) is 2.33. The third-order valence-corrected chi connectivity index (χ3v) is 2.69. The summed E-state index contributed by atoms with van der Waals surface area (Å²) in [6, 6.07) is 7.43. The Labute approximate surface area is 104 Å². The maximum Gasteiger partial charge on any atom is 0.228 e. The van der Waals surface area contributed by atoms with Crippen LogP contribution in [0.15, 0.2) is 24.3 Å². The largest absolute Gasteiger partial charge is 0.308 e. The summed E-state index contributed by atoms with van der Waals surface area (Å²) in [5, 5.41) is 12.4. The maximum atomic E-state index is 11.6. The number of amides is 1. The molecule has 0 aliphatic carbocycles. The van der Waals surface area contributed by atoms with Gasteiger partial charge in [-0.3, -0.25) is 4.79 Å². The second-order valence-electron chi connectivity index (χ2n) is 4.03. The molecule has 1 amide bonds. The van der Waals surface area contributed by atoms with Gasteiger partial charge in [0.25, 0.3) is 0 Å². The fourth-order valence-corrected chi connectivity index (χ4v) is 1.63. The zero-order valence-electron chi connectivity index (χ0n) is 9.57. The average molecular weight is 250 g/mol. The van der Waals surface area contributed by atoms with Crippen molar-refractivity contribution in [1.29, 1.82) is 0 Å². The molecular formula is C12H12ClN3O. The quantitative estimate of drug-likeness (QED) is 0.890. The molecular weight excluding hydrogens is 238 g/mol. The van der Waals surface area contributed by atoms with E-state index in [2.05, 4.69) is 15.5 Å². The molecule has 0 atom stereocenters. The van der Waals surface area contributed by atoms with Crippen LogP contribution in [0.25, 0.3) is 10.8 Å². The molecule has 0 aliphatic heterocycles. The Morgan fingerprint density at radius 2 is 1.88 bits per heavy atom. The predicted molar refractivity (Wildman–Crippen MR) is 68.0 cm³/mol. The Kier molecular flexibility index (Phi) is 3.24. The number of nitrogens with zero attached hydrogens (tertiary/aromatic N) is 2. The van der Waals surface area contributed by atoms with Crippen molar-refractivity contribution in [1.82, 2.24) is 10.2 Å². The SMILES string of the molecule is CC(C)C(=O)Nc1nnc(Cl)c2ccccc12. The normalized spacial score (nSPS) is 10.8. The molecule has 1 aromatic carbocycles. The molecule has 0 aliphatic rings. The molecule has 1 N–H and O–H groups in total. The van der Waals surface area contributed by atoms with E-state index in [1.807, 2.05) is 38.1 Å². The Morgan fingerprint density at radius 1 is 1.24 bits per heavy atom. The molecule has 4 nitrogen and oxygen atoms in total. The summed E-state index contributed by atoms with van der Waals surface area (Å²) in [5.41, 5.74) is 0. The molecule has 0 radical (unpaired) electrons. The minimum atomic E-state index is -0.105. The number of hydrogen-bond acceptors (Lipinski definition) is 3. The molecule has 0 spiro atoms. The lowest BCUT2D eigenvalue weighted by Crippen LogP contribution is -2.19. The summed E-state index contributed by atoms with van der Waals surface area (Å²) in [6.45, 7) is 3.64. The Balaban J connectivity index is 2.48. The van der Waals surface area contributed by atoms with Crippen LogP contribution in [-0.2, 0) is 4.79 Å². The van der Waals surface area contributed by atoms with Crippen molar-refractivity contribution in [3.8, 4) is 0 Å². The van der Waals surface area contributed by atoms with Gasteiger partial charge in [-0.15, -0.1) is 10.2 Å². The molecule has 0 fully saturated rings. The predicted octanol–water partition coefficient (Wildman–Crippen LogP) is 2.88. The van der Waals surface area contributed by atoms with E-state index in [4.69, 9.17) is 11.6 Å². The minimum Gasteiger partial charge on any atom is -0.308 e. The first-order valence-electron chi connectivity index (χ1n) is 5.31. The lowest BCUT2D eigenvalue weighted by Gasteiger charge is -2.09. The summed E-state index contributed by atoms with van der Waals surface area (Å²) in [6.07, 6.45) is 0. The number of carbonyl (C=O) groups excluding carboxylic acids is 1. The lowest BCUT2D eigenvalue weighted by atomic mass is 10.1. The van der Waals surface area contributed by atoms with E-state index in [1.54, 1.807) is 0 Å². The first kappa shape index (κ1) is 11.8. The fourth-order valence-electron chi connectivity index (χ4n) is 1.42. The van der Waals surface area contributed by atoms with Crippen molar-refractivity contribution in [2.75, 3.05) is 5.32 Å². The number of hydrogen-bond donors (Lipinski definition) is 1. The molecule has 0 saturated heterocycles. The van der Waals surface area contributed by atoms with E-state index >= 15 is 0 Å².